The summed E-state index contributed by atoms with van der Waals surface area (Å²) in [6.45, 7) is 4.09. The fourth-order valence-corrected chi connectivity index (χ4v) is 2.19. The Kier molecular flexibility index (Phi) is 10.9. The fourth-order valence-electron chi connectivity index (χ4n) is 0.911. The van der Waals surface area contributed by atoms with Crippen molar-refractivity contribution in [2.24, 2.45) is 0 Å². The standard InChI is InChI=1S/C10H20N2O2S2/c1-3-5-7-9(13)11-15-16-12-10(14)8-6-4-2/h3-8H2,1-2H3,(H,11,13)(H,12,14). The van der Waals surface area contributed by atoms with E-state index in [1.165, 1.54) is 0 Å². The zero-order chi connectivity index (χ0) is 12.2. The summed E-state index contributed by atoms with van der Waals surface area (Å²) in [4.78, 5) is 22.3. The monoisotopic (exact) mass is 264 g/mol. The molecule has 6 heteroatoms. The molecule has 0 aromatic heterocycles. The van der Waals surface area contributed by atoms with Gasteiger partial charge in [-0.2, -0.15) is 0 Å². The van der Waals surface area contributed by atoms with Gasteiger partial charge in [0.1, 0.15) is 0 Å². The lowest BCUT2D eigenvalue weighted by Crippen LogP contribution is -2.18. The predicted molar refractivity (Wildman–Crippen MR) is 70.5 cm³/mol. The Balaban J connectivity index is 3.31. The molecule has 0 aliphatic heterocycles. The average Bonchev–Trinajstić information content (AvgIpc) is 2.29. The van der Waals surface area contributed by atoms with Crippen LogP contribution < -0.4 is 9.44 Å². The fraction of sp³-hybridized carbons (Fsp3) is 0.800. The highest BCUT2D eigenvalue weighted by atomic mass is 33.1. The molecule has 0 heterocycles. The van der Waals surface area contributed by atoms with Gasteiger partial charge in [-0.25, -0.2) is 0 Å². The predicted octanol–water partition coefficient (Wildman–Crippen LogP) is 2.81. The van der Waals surface area contributed by atoms with Crippen molar-refractivity contribution in [3.05, 3.63) is 0 Å². The van der Waals surface area contributed by atoms with Crippen LogP contribution in [0.4, 0.5) is 0 Å². The minimum atomic E-state index is 0.0159. The summed E-state index contributed by atoms with van der Waals surface area (Å²) in [5.74, 6) is 0.0318. The number of unbranched alkanes of at least 4 members (excludes halogenated alkanes) is 2. The number of carbonyl (C=O) groups excluding carboxylic acids is 2. The molecule has 0 aromatic rings. The first-order chi connectivity index (χ1) is 7.70. The van der Waals surface area contributed by atoms with E-state index in [2.05, 4.69) is 9.44 Å². The van der Waals surface area contributed by atoms with Crippen LogP contribution in [0.25, 0.3) is 0 Å². The molecule has 0 bridgehead atoms. The van der Waals surface area contributed by atoms with Crippen LogP contribution in [0.2, 0.25) is 0 Å². The van der Waals surface area contributed by atoms with Crippen molar-refractivity contribution < 1.29 is 9.59 Å². The van der Waals surface area contributed by atoms with Gasteiger partial charge in [-0.1, -0.05) is 26.7 Å². The van der Waals surface area contributed by atoms with Gasteiger partial charge in [0.05, 0.1) is 0 Å². The molecule has 0 saturated heterocycles. The normalized spacial score (nSPS) is 9.88. The Morgan fingerprint density at radius 2 is 1.25 bits per heavy atom. The van der Waals surface area contributed by atoms with Crippen molar-refractivity contribution in [1.82, 2.24) is 9.44 Å². The van der Waals surface area contributed by atoms with Gasteiger partial charge in [-0.05, 0) is 12.8 Å². The molecule has 0 atom stereocenters. The zero-order valence-corrected chi connectivity index (χ0v) is 11.5. The first-order valence-electron chi connectivity index (χ1n) is 5.60. The molecule has 0 aromatic carbocycles. The maximum absolute atomic E-state index is 11.2. The van der Waals surface area contributed by atoms with E-state index < -0.39 is 0 Å². The minimum absolute atomic E-state index is 0.0159. The topological polar surface area (TPSA) is 58.2 Å². The Hall–Kier alpha value is -0.360. The molecule has 0 unspecified atom stereocenters. The molecule has 4 nitrogen and oxygen atoms in total. The Morgan fingerprint density at radius 3 is 1.56 bits per heavy atom. The zero-order valence-electron chi connectivity index (χ0n) is 9.88. The van der Waals surface area contributed by atoms with Crippen LogP contribution in [-0.4, -0.2) is 11.8 Å². The highest BCUT2D eigenvalue weighted by molar-refractivity contribution is 8.75. The lowest BCUT2D eigenvalue weighted by Gasteiger charge is -2.04. The number of carbonyl (C=O) groups is 2. The van der Waals surface area contributed by atoms with Gasteiger partial charge in [-0.3, -0.25) is 19.0 Å². The summed E-state index contributed by atoms with van der Waals surface area (Å²) in [5.41, 5.74) is 0. The highest BCUT2D eigenvalue weighted by Crippen LogP contribution is 2.13. The van der Waals surface area contributed by atoms with Crippen LogP contribution in [0, 0.1) is 0 Å². The van der Waals surface area contributed by atoms with E-state index in [4.69, 9.17) is 0 Å². The molecule has 0 radical (unpaired) electrons. The van der Waals surface area contributed by atoms with E-state index in [1.807, 2.05) is 13.8 Å². The van der Waals surface area contributed by atoms with Crippen molar-refractivity contribution in [2.75, 3.05) is 0 Å². The van der Waals surface area contributed by atoms with Crippen LogP contribution in [0.3, 0.4) is 0 Å². The van der Waals surface area contributed by atoms with Crippen molar-refractivity contribution >= 4 is 33.8 Å². The quantitative estimate of drug-likeness (QED) is 0.382. The molecular formula is C10H20N2O2S2. The molecule has 2 N–H and O–H groups in total. The summed E-state index contributed by atoms with van der Waals surface area (Å²) in [7, 11) is 2.32. The lowest BCUT2D eigenvalue weighted by molar-refractivity contribution is -0.120. The maximum atomic E-state index is 11.2. The molecule has 0 spiro atoms. The molecule has 0 rings (SSSR count). The van der Waals surface area contributed by atoms with E-state index >= 15 is 0 Å². The largest absolute Gasteiger partial charge is 0.290 e. The molecular weight excluding hydrogens is 244 g/mol. The summed E-state index contributed by atoms with van der Waals surface area (Å²) >= 11 is 0. The van der Waals surface area contributed by atoms with Crippen molar-refractivity contribution in [2.45, 2.75) is 52.4 Å². The van der Waals surface area contributed by atoms with Gasteiger partial charge in [-0.15, -0.1) is 0 Å². The summed E-state index contributed by atoms with van der Waals surface area (Å²) in [6, 6.07) is 0. The van der Waals surface area contributed by atoms with E-state index in [9.17, 15) is 9.59 Å². The molecule has 0 saturated carbocycles. The first kappa shape index (κ1) is 15.6. The third-order valence-corrected chi connectivity index (χ3v) is 3.32. The Bertz CT molecular complexity index is 191. The Labute approximate surface area is 105 Å². The van der Waals surface area contributed by atoms with Crippen molar-refractivity contribution in [1.29, 1.82) is 0 Å². The van der Waals surface area contributed by atoms with Gasteiger partial charge >= 0.3 is 0 Å². The summed E-state index contributed by atoms with van der Waals surface area (Å²) < 4.78 is 5.31. The van der Waals surface area contributed by atoms with Crippen molar-refractivity contribution in [3.63, 3.8) is 0 Å². The second-order valence-corrected chi connectivity index (χ2v) is 5.17. The van der Waals surface area contributed by atoms with Crippen LogP contribution in [0.15, 0.2) is 0 Å². The van der Waals surface area contributed by atoms with E-state index in [1.54, 1.807) is 0 Å². The van der Waals surface area contributed by atoms with Crippen LogP contribution in [0.1, 0.15) is 52.4 Å². The smallest absolute Gasteiger partial charge is 0.230 e. The van der Waals surface area contributed by atoms with E-state index in [-0.39, 0.29) is 11.8 Å². The number of nitrogens with one attached hydrogen (secondary N) is 2. The first-order valence-corrected chi connectivity index (χ1v) is 7.75. The molecule has 0 fully saturated rings. The van der Waals surface area contributed by atoms with Crippen LogP contribution in [-0.2, 0) is 9.59 Å². The molecule has 16 heavy (non-hydrogen) atoms. The molecule has 0 aliphatic carbocycles. The SMILES string of the molecule is CCCCC(=O)NSSNC(=O)CCCC. The molecule has 2 amide bonds. The second-order valence-electron chi connectivity index (χ2n) is 3.42. The number of hydrogen-bond acceptors (Lipinski definition) is 4. The van der Waals surface area contributed by atoms with Gasteiger partial charge in [0.2, 0.25) is 11.8 Å². The highest BCUT2D eigenvalue weighted by Gasteiger charge is 2.02. The maximum Gasteiger partial charge on any atom is 0.230 e. The lowest BCUT2D eigenvalue weighted by atomic mass is 10.2. The van der Waals surface area contributed by atoms with Gasteiger partial charge in [0, 0.05) is 34.8 Å². The van der Waals surface area contributed by atoms with E-state index in [0.717, 1.165) is 47.6 Å². The second kappa shape index (κ2) is 11.1. The van der Waals surface area contributed by atoms with E-state index in [0.29, 0.717) is 12.8 Å². The number of rotatable bonds is 9. The van der Waals surface area contributed by atoms with Gasteiger partial charge in [0.25, 0.3) is 0 Å². The molecule has 0 aliphatic rings. The molecule has 94 valence electrons. The van der Waals surface area contributed by atoms with Crippen LogP contribution >= 0.6 is 22.0 Å². The number of hydrogen-bond donors (Lipinski definition) is 2. The summed E-state index contributed by atoms with van der Waals surface area (Å²) in [6.07, 6.45) is 4.93. The van der Waals surface area contributed by atoms with Gasteiger partial charge < -0.3 is 0 Å². The van der Waals surface area contributed by atoms with Crippen LogP contribution in [0.5, 0.6) is 0 Å². The third kappa shape index (κ3) is 10.2. The van der Waals surface area contributed by atoms with Gasteiger partial charge in [0.15, 0.2) is 0 Å². The minimum Gasteiger partial charge on any atom is -0.290 e. The summed E-state index contributed by atoms with van der Waals surface area (Å²) in [5, 5.41) is 0. The number of amides is 2. The Morgan fingerprint density at radius 1 is 0.875 bits per heavy atom. The average molecular weight is 264 g/mol. The van der Waals surface area contributed by atoms with Crippen molar-refractivity contribution in [3.8, 4) is 0 Å². The third-order valence-electron chi connectivity index (χ3n) is 1.87.